The lowest BCUT2D eigenvalue weighted by Gasteiger charge is -2.09. The van der Waals surface area contributed by atoms with Gasteiger partial charge >= 0.3 is 0 Å². The summed E-state index contributed by atoms with van der Waals surface area (Å²) in [6.45, 7) is 1.53. The molecule has 1 unspecified atom stereocenters. The van der Waals surface area contributed by atoms with E-state index in [1.165, 1.54) is 6.92 Å². The van der Waals surface area contributed by atoms with Crippen LogP contribution in [0.25, 0.3) is 0 Å². The van der Waals surface area contributed by atoms with Gasteiger partial charge in [0.05, 0.1) is 0 Å². The molecule has 0 fully saturated rings. The van der Waals surface area contributed by atoms with Crippen LogP contribution in [0.15, 0.2) is 30.3 Å². The van der Waals surface area contributed by atoms with Gasteiger partial charge in [0.1, 0.15) is 0 Å². The Kier molecular flexibility index (Phi) is 4.49. The second-order valence-corrected chi connectivity index (χ2v) is 2.53. The van der Waals surface area contributed by atoms with E-state index < -0.39 is 12.3 Å². The SMILES string of the molecule is C.CC(c1ccccc1)C(F)F. The predicted octanol–water partition coefficient (Wildman–Crippen LogP) is 3.69. The van der Waals surface area contributed by atoms with E-state index in [9.17, 15) is 8.78 Å². The normalized spacial score (nSPS) is 12.3. The molecule has 0 saturated heterocycles. The molecule has 0 heterocycles. The first-order valence-electron chi connectivity index (χ1n) is 3.55. The largest absolute Gasteiger partial charge is 0.245 e. The van der Waals surface area contributed by atoms with Crippen molar-refractivity contribution >= 4 is 0 Å². The molecule has 0 nitrogen and oxygen atoms in total. The van der Waals surface area contributed by atoms with Crippen LogP contribution in [-0.4, -0.2) is 6.43 Å². The quantitative estimate of drug-likeness (QED) is 0.638. The Hall–Kier alpha value is -0.920. The topological polar surface area (TPSA) is 0 Å². The van der Waals surface area contributed by atoms with E-state index in [4.69, 9.17) is 0 Å². The van der Waals surface area contributed by atoms with Gasteiger partial charge in [-0.3, -0.25) is 0 Å². The lowest BCUT2D eigenvalue weighted by atomic mass is 10.0. The second kappa shape index (κ2) is 4.86. The minimum absolute atomic E-state index is 0. The van der Waals surface area contributed by atoms with E-state index in [2.05, 4.69) is 0 Å². The summed E-state index contributed by atoms with van der Waals surface area (Å²) in [5.41, 5.74) is 0.697. The van der Waals surface area contributed by atoms with Crippen molar-refractivity contribution in [3.63, 3.8) is 0 Å². The molecule has 0 aliphatic carbocycles. The Morgan fingerprint density at radius 1 is 1.08 bits per heavy atom. The van der Waals surface area contributed by atoms with Crippen LogP contribution in [0.2, 0.25) is 0 Å². The van der Waals surface area contributed by atoms with E-state index in [-0.39, 0.29) is 7.43 Å². The molecule has 68 valence electrons. The zero-order valence-corrected chi connectivity index (χ0v) is 6.30. The van der Waals surface area contributed by atoms with Crippen LogP contribution in [0, 0.1) is 0 Å². The summed E-state index contributed by atoms with van der Waals surface area (Å²) in [6, 6.07) is 8.80. The van der Waals surface area contributed by atoms with Gasteiger partial charge < -0.3 is 0 Å². The summed E-state index contributed by atoms with van der Waals surface area (Å²) >= 11 is 0. The molecule has 0 spiro atoms. The minimum Gasteiger partial charge on any atom is -0.210 e. The summed E-state index contributed by atoms with van der Waals surface area (Å²) < 4.78 is 24.2. The summed E-state index contributed by atoms with van der Waals surface area (Å²) in [4.78, 5) is 0. The Morgan fingerprint density at radius 3 is 2.00 bits per heavy atom. The van der Waals surface area contributed by atoms with Crippen molar-refractivity contribution in [1.29, 1.82) is 0 Å². The van der Waals surface area contributed by atoms with E-state index in [1.807, 2.05) is 6.07 Å². The van der Waals surface area contributed by atoms with Crippen molar-refractivity contribution in [2.45, 2.75) is 26.7 Å². The van der Waals surface area contributed by atoms with Crippen molar-refractivity contribution in [1.82, 2.24) is 0 Å². The highest BCUT2D eigenvalue weighted by atomic mass is 19.3. The maximum absolute atomic E-state index is 12.1. The van der Waals surface area contributed by atoms with Gasteiger partial charge in [-0.05, 0) is 5.56 Å². The molecule has 1 atom stereocenters. The second-order valence-electron chi connectivity index (χ2n) is 2.53. The van der Waals surface area contributed by atoms with Crippen LogP contribution in [0.5, 0.6) is 0 Å². The Bertz CT molecular complexity index is 206. The fraction of sp³-hybridized carbons (Fsp3) is 0.400. The zero-order chi connectivity index (χ0) is 8.27. The summed E-state index contributed by atoms with van der Waals surface area (Å²) in [6.07, 6.45) is -2.27. The van der Waals surface area contributed by atoms with Crippen LogP contribution in [0.4, 0.5) is 8.78 Å². The number of hydrogen-bond donors (Lipinski definition) is 0. The molecule has 0 aliphatic rings. The molecule has 0 saturated carbocycles. The van der Waals surface area contributed by atoms with Crippen molar-refractivity contribution in [3.8, 4) is 0 Å². The molecule has 0 aromatic heterocycles. The van der Waals surface area contributed by atoms with Crippen molar-refractivity contribution in [2.24, 2.45) is 0 Å². The standard InChI is InChI=1S/C9H10F2.CH4/c1-7(9(10)11)8-5-3-2-4-6-8;/h2-7,9H,1H3;1H4. The van der Waals surface area contributed by atoms with Crippen LogP contribution in [0.1, 0.15) is 25.8 Å². The molecule has 0 bridgehead atoms. The Labute approximate surface area is 72.2 Å². The Balaban J connectivity index is 0.00000121. The smallest absolute Gasteiger partial charge is 0.210 e. The third kappa shape index (κ3) is 2.61. The molecule has 0 N–H and O–H groups in total. The Morgan fingerprint density at radius 2 is 1.58 bits per heavy atom. The molecule has 2 heteroatoms. The van der Waals surface area contributed by atoms with Gasteiger partial charge in [-0.25, -0.2) is 8.78 Å². The fourth-order valence-electron chi connectivity index (χ4n) is 0.902. The number of hydrogen-bond acceptors (Lipinski definition) is 0. The average molecular weight is 172 g/mol. The van der Waals surface area contributed by atoms with Crippen LogP contribution in [0.3, 0.4) is 0 Å². The predicted molar refractivity (Wildman–Crippen MR) is 47.6 cm³/mol. The maximum atomic E-state index is 12.1. The van der Waals surface area contributed by atoms with Crippen LogP contribution < -0.4 is 0 Å². The fourth-order valence-corrected chi connectivity index (χ4v) is 0.902. The lowest BCUT2D eigenvalue weighted by Crippen LogP contribution is -2.03. The monoisotopic (exact) mass is 172 g/mol. The first-order chi connectivity index (χ1) is 5.22. The highest BCUT2D eigenvalue weighted by Gasteiger charge is 2.15. The van der Waals surface area contributed by atoms with Gasteiger partial charge in [0.25, 0.3) is 0 Å². The van der Waals surface area contributed by atoms with Gasteiger partial charge in [-0.15, -0.1) is 0 Å². The third-order valence-electron chi connectivity index (χ3n) is 1.70. The zero-order valence-electron chi connectivity index (χ0n) is 6.30. The van der Waals surface area contributed by atoms with Gasteiger partial charge in [0.15, 0.2) is 0 Å². The molecule has 1 aromatic rings. The maximum Gasteiger partial charge on any atom is 0.245 e. The van der Waals surface area contributed by atoms with Gasteiger partial charge in [0, 0.05) is 5.92 Å². The van der Waals surface area contributed by atoms with E-state index in [0.717, 1.165) is 0 Å². The lowest BCUT2D eigenvalue weighted by molar-refractivity contribution is 0.121. The highest BCUT2D eigenvalue weighted by molar-refractivity contribution is 5.19. The molecule has 1 aromatic carbocycles. The first kappa shape index (κ1) is 11.1. The van der Waals surface area contributed by atoms with Gasteiger partial charge in [-0.1, -0.05) is 44.7 Å². The van der Waals surface area contributed by atoms with Gasteiger partial charge in [0.2, 0.25) is 6.43 Å². The minimum atomic E-state index is -2.27. The van der Waals surface area contributed by atoms with E-state index >= 15 is 0 Å². The number of alkyl halides is 2. The van der Waals surface area contributed by atoms with E-state index in [0.29, 0.717) is 5.56 Å². The third-order valence-corrected chi connectivity index (χ3v) is 1.70. The summed E-state index contributed by atoms with van der Waals surface area (Å²) in [5.74, 6) is -0.656. The molecule has 0 radical (unpaired) electrons. The average Bonchev–Trinajstić information content (AvgIpc) is 2.05. The number of rotatable bonds is 2. The molecule has 0 amide bonds. The van der Waals surface area contributed by atoms with E-state index in [1.54, 1.807) is 24.3 Å². The van der Waals surface area contributed by atoms with Crippen molar-refractivity contribution in [3.05, 3.63) is 35.9 Å². The van der Waals surface area contributed by atoms with Crippen molar-refractivity contribution in [2.75, 3.05) is 0 Å². The first-order valence-corrected chi connectivity index (χ1v) is 3.55. The van der Waals surface area contributed by atoms with Crippen LogP contribution >= 0.6 is 0 Å². The molecular weight excluding hydrogens is 158 g/mol. The molecule has 0 aliphatic heterocycles. The van der Waals surface area contributed by atoms with Crippen LogP contribution in [-0.2, 0) is 0 Å². The molecule has 1 rings (SSSR count). The number of benzene rings is 1. The molecule has 12 heavy (non-hydrogen) atoms. The van der Waals surface area contributed by atoms with Gasteiger partial charge in [-0.2, -0.15) is 0 Å². The summed E-state index contributed by atoms with van der Waals surface area (Å²) in [7, 11) is 0. The molecular formula is C10H14F2. The number of halogens is 2. The van der Waals surface area contributed by atoms with Crippen molar-refractivity contribution < 1.29 is 8.78 Å². The summed E-state index contributed by atoms with van der Waals surface area (Å²) in [5, 5.41) is 0. The highest BCUT2D eigenvalue weighted by Crippen LogP contribution is 2.21.